The number of fused-ring (bicyclic) bond motifs is 1. The predicted molar refractivity (Wildman–Crippen MR) is 123 cm³/mol. The molecule has 0 aromatic heterocycles. The van der Waals surface area contributed by atoms with Gasteiger partial charge in [0.1, 0.15) is 11.9 Å². The summed E-state index contributed by atoms with van der Waals surface area (Å²) in [7, 11) is 0. The second-order valence-corrected chi connectivity index (χ2v) is 9.38. The lowest BCUT2D eigenvalue weighted by molar-refractivity contribution is 0.0844. The van der Waals surface area contributed by atoms with Crippen molar-refractivity contribution in [3.05, 3.63) is 42.0 Å². The minimum absolute atomic E-state index is 0.0414. The van der Waals surface area contributed by atoms with Gasteiger partial charge in [0.15, 0.2) is 0 Å². The zero-order valence-corrected chi connectivity index (χ0v) is 18.5. The molecule has 2 fully saturated rings. The zero-order valence-electron chi connectivity index (χ0n) is 18.5. The van der Waals surface area contributed by atoms with Crippen molar-refractivity contribution in [2.45, 2.75) is 70.9 Å². The van der Waals surface area contributed by atoms with Gasteiger partial charge in [-0.25, -0.2) is 0 Å². The number of amides is 1. The van der Waals surface area contributed by atoms with Gasteiger partial charge in [-0.3, -0.25) is 4.79 Å². The van der Waals surface area contributed by atoms with Crippen molar-refractivity contribution < 1.29 is 9.53 Å². The molecule has 1 saturated heterocycles. The summed E-state index contributed by atoms with van der Waals surface area (Å²) >= 11 is 0. The lowest BCUT2D eigenvalue weighted by atomic mass is 9.89. The van der Waals surface area contributed by atoms with E-state index in [9.17, 15) is 4.79 Å². The lowest BCUT2D eigenvalue weighted by Gasteiger charge is -2.34. The average molecular weight is 409 g/mol. The van der Waals surface area contributed by atoms with Crippen LogP contribution in [0.25, 0.3) is 10.8 Å². The summed E-state index contributed by atoms with van der Waals surface area (Å²) in [6.07, 6.45) is 8.90. The zero-order chi connectivity index (χ0) is 20.9. The molecule has 4 nitrogen and oxygen atoms in total. The van der Waals surface area contributed by atoms with Crippen LogP contribution in [-0.4, -0.2) is 42.6 Å². The van der Waals surface area contributed by atoms with Gasteiger partial charge in [-0.2, -0.15) is 0 Å². The van der Waals surface area contributed by atoms with E-state index in [-0.39, 0.29) is 5.91 Å². The van der Waals surface area contributed by atoms with Crippen LogP contribution in [0.4, 0.5) is 0 Å². The van der Waals surface area contributed by atoms with Crippen LogP contribution in [-0.2, 0) is 0 Å². The van der Waals surface area contributed by atoms with E-state index in [2.05, 4.69) is 36.2 Å². The maximum atomic E-state index is 12.6. The second-order valence-electron chi connectivity index (χ2n) is 9.38. The first-order chi connectivity index (χ1) is 14.6. The summed E-state index contributed by atoms with van der Waals surface area (Å²) in [5, 5.41) is 5.35. The maximum absolute atomic E-state index is 12.6. The minimum Gasteiger partial charge on any atom is -0.490 e. The van der Waals surface area contributed by atoms with Crippen LogP contribution in [0.3, 0.4) is 0 Å². The number of likely N-dealkylation sites (tertiary alicyclic amines) is 1. The average Bonchev–Trinajstić information content (AvgIpc) is 2.78. The molecule has 4 rings (SSSR count). The molecule has 2 aromatic rings. The van der Waals surface area contributed by atoms with Crippen molar-refractivity contribution in [1.29, 1.82) is 0 Å². The monoisotopic (exact) mass is 408 g/mol. The molecule has 1 heterocycles. The van der Waals surface area contributed by atoms with E-state index in [1.807, 2.05) is 24.3 Å². The minimum atomic E-state index is 0.0414. The first-order valence-corrected chi connectivity index (χ1v) is 11.8. The molecule has 2 aliphatic rings. The molecule has 1 N–H and O–H groups in total. The normalized spacial score (nSPS) is 19.3. The Bertz CT molecular complexity index is 849. The first-order valence-electron chi connectivity index (χ1n) is 11.8. The highest BCUT2D eigenvalue weighted by molar-refractivity contribution is 5.98. The van der Waals surface area contributed by atoms with Crippen molar-refractivity contribution in [3.63, 3.8) is 0 Å². The van der Waals surface area contributed by atoms with E-state index >= 15 is 0 Å². The molecule has 1 aliphatic carbocycles. The molecule has 1 amide bonds. The third kappa shape index (κ3) is 5.34. The van der Waals surface area contributed by atoms with E-state index < -0.39 is 0 Å². The predicted octanol–water partition coefficient (Wildman–Crippen LogP) is 5.40. The lowest BCUT2D eigenvalue weighted by Crippen LogP contribution is -2.41. The van der Waals surface area contributed by atoms with Gasteiger partial charge < -0.3 is 15.0 Å². The van der Waals surface area contributed by atoms with Crippen LogP contribution in [0.15, 0.2) is 36.4 Å². The van der Waals surface area contributed by atoms with Gasteiger partial charge in [0, 0.05) is 31.2 Å². The van der Waals surface area contributed by atoms with Gasteiger partial charge in [-0.15, -0.1) is 0 Å². The van der Waals surface area contributed by atoms with Gasteiger partial charge in [0.2, 0.25) is 0 Å². The van der Waals surface area contributed by atoms with Crippen molar-refractivity contribution in [2.75, 3.05) is 19.6 Å². The molecule has 0 spiro atoms. The summed E-state index contributed by atoms with van der Waals surface area (Å²) in [5.41, 5.74) is 0.744. The number of hydrogen-bond donors (Lipinski definition) is 1. The van der Waals surface area contributed by atoms with Gasteiger partial charge in [-0.1, -0.05) is 31.4 Å². The molecule has 30 heavy (non-hydrogen) atoms. The highest BCUT2D eigenvalue weighted by Crippen LogP contribution is 2.26. The molecular weight excluding hydrogens is 372 g/mol. The Morgan fingerprint density at radius 2 is 1.70 bits per heavy atom. The summed E-state index contributed by atoms with van der Waals surface area (Å²) in [5.74, 6) is 1.62. The fourth-order valence-corrected chi connectivity index (χ4v) is 4.87. The van der Waals surface area contributed by atoms with Crippen LogP contribution in [0.1, 0.15) is 69.2 Å². The van der Waals surface area contributed by atoms with Crippen LogP contribution < -0.4 is 10.1 Å². The van der Waals surface area contributed by atoms with Crippen molar-refractivity contribution in [3.8, 4) is 5.75 Å². The Labute approximate surface area is 181 Å². The van der Waals surface area contributed by atoms with Gasteiger partial charge in [0.05, 0.1) is 0 Å². The molecule has 1 aliphatic heterocycles. The Hall–Kier alpha value is -2.07. The smallest absolute Gasteiger partial charge is 0.251 e. The number of hydrogen-bond acceptors (Lipinski definition) is 3. The van der Waals surface area contributed by atoms with E-state index in [4.69, 9.17) is 4.74 Å². The summed E-state index contributed by atoms with van der Waals surface area (Å²) in [4.78, 5) is 15.1. The van der Waals surface area contributed by atoms with Crippen molar-refractivity contribution in [1.82, 2.24) is 10.2 Å². The molecule has 162 valence electrons. The Morgan fingerprint density at radius 3 is 2.43 bits per heavy atom. The standard InChI is InChI=1S/C26H36N2O2/c1-19(2)28-14-12-24(13-15-28)30-25-11-10-21-16-23(9-8-22(21)17-25)26(29)27-18-20-6-4-3-5-7-20/h8-11,16-17,19-20,24H,3-7,12-15,18H2,1-2H3,(H,27,29). The van der Waals surface area contributed by atoms with E-state index in [0.717, 1.165) is 54.6 Å². The largest absolute Gasteiger partial charge is 0.490 e. The fourth-order valence-electron chi connectivity index (χ4n) is 4.87. The number of ether oxygens (including phenoxy) is 1. The molecule has 0 atom stereocenters. The number of benzene rings is 2. The van der Waals surface area contributed by atoms with Crippen molar-refractivity contribution in [2.24, 2.45) is 5.92 Å². The number of rotatable bonds is 6. The molecule has 0 unspecified atom stereocenters. The molecule has 0 radical (unpaired) electrons. The third-order valence-corrected chi connectivity index (χ3v) is 6.86. The van der Waals surface area contributed by atoms with Crippen molar-refractivity contribution >= 4 is 16.7 Å². The Kier molecular flexibility index (Phi) is 6.93. The van der Waals surface area contributed by atoms with Crippen LogP contribution in [0, 0.1) is 5.92 Å². The quantitative estimate of drug-likeness (QED) is 0.696. The highest BCUT2D eigenvalue weighted by Gasteiger charge is 2.22. The number of nitrogens with one attached hydrogen (secondary N) is 1. The third-order valence-electron chi connectivity index (χ3n) is 6.86. The summed E-state index contributed by atoms with van der Waals surface area (Å²) < 4.78 is 6.27. The number of piperidine rings is 1. The maximum Gasteiger partial charge on any atom is 0.251 e. The van der Waals surface area contributed by atoms with E-state index in [1.165, 1.54) is 32.1 Å². The van der Waals surface area contributed by atoms with Gasteiger partial charge in [-0.05, 0) is 80.5 Å². The molecule has 0 bridgehead atoms. The van der Waals surface area contributed by atoms with Crippen LogP contribution in [0.5, 0.6) is 5.75 Å². The highest BCUT2D eigenvalue weighted by atomic mass is 16.5. The number of nitrogens with zero attached hydrogens (tertiary/aromatic N) is 1. The Balaban J connectivity index is 1.34. The number of carbonyl (C=O) groups is 1. The molecule has 4 heteroatoms. The first kappa shape index (κ1) is 21.2. The topological polar surface area (TPSA) is 41.6 Å². The SMILES string of the molecule is CC(C)N1CCC(Oc2ccc3cc(C(=O)NCC4CCCCC4)ccc3c2)CC1. The number of carbonyl (C=O) groups excluding carboxylic acids is 1. The molecular formula is C26H36N2O2. The van der Waals surface area contributed by atoms with Crippen LogP contribution in [0.2, 0.25) is 0 Å². The van der Waals surface area contributed by atoms with Gasteiger partial charge >= 0.3 is 0 Å². The Morgan fingerprint density at radius 1 is 1.00 bits per heavy atom. The summed E-state index contributed by atoms with van der Waals surface area (Å²) in [6, 6.07) is 12.8. The van der Waals surface area contributed by atoms with Crippen LogP contribution >= 0.6 is 0 Å². The molecule has 2 aromatic carbocycles. The van der Waals surface area contributed by atoms with E-state index in [1.54, 1.807) is 0 Å². The fraction of sp³-hybridized carbons (Fsp3) is 0.577. The summed E-state index contributed by atoms with van der Waals surface area (Å²) in [6.45, 7) is 7.54. The second kappa shape index (κ2) is 9.82. The van der Waals surface area contributed by atoms with E-state index in [0.29, 0.717) is 18.1 Å². The molecule has 1 saturated carbocycles. The van der Waals surface area contributed by atoms with Gasteiger partial charge in [0.25, 0.3) is 5.91 Å².